The molecule has 0 aromatic heterocycles. The predicted octanol–water partition coefficient (Wildman–Crippen LogP) is 3.17. The average Bonchev–Trinajstić information content (AvgIpc) is 3.34. The Bertz CT molecular complexity index is 692. The minimum atomic E-state index is -0.893. The molecule has 2 aromatic carbocycles. The van der Waals surface area contributed by atoms with Gasteiger partial charge in [-0.15, -0.1) is 0 Å². The van der Waals surface area contributed by atoms with Crippen LogP contribution >= 0.6 is 0 Å². The third-order valence-corrected chi connectivity index (χ3v) is 4.18. The zero-order valence-corrected chi connectivity index (χ0v) is 12.5. The molecule has 4 heteroatoms. The van der Waals surface area contributed by atoms with E-state index in [4.69, 9.17) is 9.84 Å². The SMILES string of the molecule is COc1cccc(C2(NCc3cccc(C(=O)O)c3)CC2)c1. The number of aromatic carboxylic acids is 1. The van der Waals surface area contributed by atoms with Crippen molar-refractivity contribution in [3.8, 4) is 5.75 Å². The molecule has 0 bridgehead atoms. The van der Waals surface area contributed by atoms with Gasteiger partial charge in [-0.05, 0) is 48.2 Å². The number of carboxylic acids is 1. The van der Waals surface area contributed by atoms with Gasteiger partial charge in [-0.2, -0.15) is 0 Å². The van der Waals surface area contributed by atoms with Gasteiger partial charge in [-0.1, -0.05) is 24.3 Å². The van der Waals surface area contributed by atoms with E-state index in [0.717, 1.165) is 24.2 Å². The summed E-state index contributed by atoms with van der Waals surface area (Å²) in [5.74, 6) is -0.0331. The second-order valence-electron chi connectivity index (χ2n) is 5.67. The van der Waals surface area contributed by atoms with Gasteiger partial charge in [0.25, 0.3) is 0 Å². The van der Waals surface area contributed by atoms with Crippen molar-refractivity contribution in [1.82, 2.24) is 5.32 Å². The minimum Gasteiger partial charge on any atom is -0.497 e. The van der Waals surface area contributed by atoms with Gasteiger partial charge in [0.1, 0.15) is 5.75 Å². The zero-order chi connectivity index (χ0) is 15.6. The van der Waals surface area contributed by atoms with Crippen LogP contribution < -0.4 is 10.1 Å². The lowest BCUT2D eigenvalue weighted by atomic mass is 10.0. The molecule has 2 N–H and O–H groups in total. The Morgan fingerprint density at radius 3 is 2.68 bits per heavy atom. The molecule has 0 saturated heterocycles. The van der Waals surface area contributed by atoms with Crippen LogP contribution in [0.4, 0.5) is 0 Å². The molecule has 1 fully saturated rings. The van der Waals surface area contributed by atoms with E-state index in [2.05, 4.69) is 17.4 Å². The van der Waals surface area contributed by atoms with Gasteiger partial charge in [0.15, 0.2) is 0 Å². The number of carbonyl (C=O) groups is 1. The maximum atomic E-state index is 11.0. The van der Waals surface area contributed by atoms with Gasteiger partial charge in [0.05, 0.1) is 12.7 Å². The van der Waals surface area contributed by atoms with Crippen molar-refractivity contribution in [2.45, 2.75) is 24.9 Å². The average molecular weight is 297 g/mol. The number of hydrogen-bond donors (Lipinski definition) is 2. The molecule has 0 amide bonds. The maximum Gasteiger partial charge on any atom is 0.335 e. The molecular weight excluding hydrogens is 278 g/mol. The second kappa shape index (κ2) is 5.81. The summed E-state index contributed by atoms with van der Waals surface area (Å²) in [6, 6.07) is 15.2. The van der Waals surface area contributed by atoms with E-state index in [1.54, 1.807) is 25.3 Å². The molecule has 1 aliphatic rings. The van der Waals surface area contributed by atoms with Crippen molar-refractivity contribution in [3.63, 3.8) is 0 Å². The fourth-order valence-corrected chi connectivity index (χ4v) is 2.70. The van der Waals surface area contributed by atoms with Gasteiger partial charge in [0.2, 0.25) is 0 Å². The molecule has 114 valence electrons. The fraction of sp³-hybridized carbons (Fsp3) is 0.278. The number of rotatable bonds is 6. The molecule has 0 aliphatic heterocycles. The summed E-state index contributed by atoms with van der Waals surface area (Å²) in [4.78, 5) is 11.0. The van der Waals surface area contributed by atoms with E-state index in [0.29, 0.717) is 12.1 Å². The topological polar surface area (TPSA) is 58.6 Å². The first-order chi connectivity index (χ1) is 10.6. The third-order valence-electron chi connectivity index (χ3n) is 4.18. The molecular formula is C18H19NO3. The fourth-order valence-electron chi connectivity index (χ4n) is 2.70. The summed E-state index contributed by atoms with van der Waals surface area (Å²) in [6.07, 6.45) is 2.16. The molecule has 0 radical (unpaired) electrons. The highest BCUT2D eigenvalue weighted by atomic mass is 16.5. The lowest BCUT2D eigenvalue weighted by Crippen LogP contribution is -2.28. The van der Waals surface area contributed by atoms with Crippen molar-refractivity contribution >= 4 is 5.97 Å². The summed E-state index contributed by atoms with van der Waals surface area (Å²) in [5.41, 5.74) is 2.52. The van der Waals surface area contributed by atoms with Crippen LogP contribution in [0.3, 0.4) is 0 Å². The Kier molecular flexibility index (Phi) is 3.86. The summed E-state index contributed by atoms with van der Waals surface area (Å²) in [7, 11) is 1.67. The van der Waals surface area contributed by atoms with Crippen molar-refractivity contribution < 1.29 is 14.6 Å². The molecule has 0 unspecified atom stereocenters. The molecule has 2 aromatic rings. The zero-order valence-electron chi connectivity index (χ0n) is 12.5. The maximum absolute atomic E-state index is 11.0. The van der Waals surface area contributed by atoms with Crippen LogP contribution in [0.15, 0.2) is 48.5 Å². The summed E-state index contributed by atoms with van der Waals surface area (Å²) >= 11 is 0. The van der Waals surface area contributed by atoms with Crippen LogP contribution in [0.5, 0.6) is 5.75 Å². The largest absolute Gasteiger partial charge is 0.497 e. The molecule has 4 nitrogen and oxygen atoms in total. The van der Waals surface area contributed by atoms with E-state index >= 15 is 0 Å². The highest BCUT2D eigenvalue weighted by Crippen LogP contribution is 2.46. The first kappa shape index (κ1) is 14.6. The molecule has 1 aliphatic carbocycles. The number of ether oxygens (including phenoxy) is 1. The summed E-state index contributed by atoms with van der Waals surface area (Å²) in [6.45, 7) is 0.651. The number of hydrogen-bond acceptors (Lipinski definition) is 3. The number of benzene rings is 2. The predicted molar refractivity (Wildman–Crippen MR) is 84.1 cm³/mol. The first-order valence-electron chi connectivity index (χ1n) is 7.35. The van der Waals surface area contributed by atoms with Gasteiger partial charge in [0, 0.05) is 12.1 Å². The first-order valence-corrected chi connectivity index (χ1v) is 7.35. The molecule has 0 spiro atoms. The van der Waals surface area contributed by atoms with E-state index in [1.807, 2.05) is 18.2 Å². The van der Waals surface area contributed by atoms with Gasteiger partial charge < -0.3 is 15.2 Å². The molecule has 22 heavy (non-hydrogen) atoms. The van der Waals surface area contributed by atoms with Gasteiger partial charge in [-0.25, -0.2) is 4.79 Å². The van der Waals surface area contributed by atoms with Crippen LogP contribution in [0.25, 0.3) is 0 Å². The van der Waals surface area contributed by atoms with Crippen LogP contribution in [-0.2, 0) is 12.1 Å². The lowest BCUT2D eigenvalue weighted by Gasteiger charge is -2.19. The van der Waals surface area contributed by atoms with Gasteiger partial charge >= 0.3 is 5.97 Å². The van der Waals surface area contributed by atoms with Gasteiger partial charge in [-0.3, -0.25) is 0 Å². The Labute approximate surface area is 129 Å². The minimum absolute atomic E-state index is 0.00618. The Morgan fingerprint density at radius 1 is 1.23 bits per heavy atom. The molecule has 0 atom stereocenters. The van der Waals surface area contributed by atoms with E-state index in [-0.39, 0.29) is 5.54 Å². The van der Waals surface area contributed by atoms with Crippen LogP contribution in [0, 0.1) is 0 Å². The molecule has 3 rings (SSSR count). The highest BCUT2D eigenvalue weighted by molar-refractivity contribution is 5.87. The van der Waals surface area contributed by atoms with Crippen LogP contribution in [0.2, 0.25) is 0 Å². The van der Waals surface area contributed by atoms with Crippen LogP contribution in [-0.4, -0.2) is 18.2 Å². The Balaban J connectivity index is 1.73. The monoisotopic (exact) mass is 297 g/mol. The smallest absolute Gasteiger partial charge is 0.335 e. The summed E-state index contributed by atoms with van der Waals surface area (Å²) in [5, 5.41) is 12.6. The van der Waals surface area contributed by atoms with E-state index in [9.17, 15) is 4.79 Å². The summed E-state index contributed by atoms with van der Waals surface area (Å²) < 4.78 is 5.29. The Hall–Kier alpha value is -2.33. The van der Waals surface area contributed by atoms with E-state index in [1.165, 1.54) is 5.56 Å². The van der Waals surface area contributed by atoms with E-state index < -0.39 is 5.97 Å². The number of nitrogens with one attached hydrogen (secondary N) is 1. The standard InChI is InChI=1S/C18H19NO3/c1-22-16-7-3-6-15(11-16)18(8-9-18)19-12-13-4-2-5-14(10-13)17(20)21/h2-7,10-11,19H,8-9,12H2,1H3,(H,20,21). The Morgan fingerprint density at radius 2 is 2.00 bits per heavy atom. The quantitative estimate of drug-likeness (QED) is 0.860. The third kappa shape index (κ3) is 2.97. The normalized spacial score (nSPS) is 15.3. The molecule has 1 saturated carbocycles. The van der Waals surface area contributed by atoms with Crippen molar-refractivity contribution in [3.05, 3.63) is 65.2 Å². The van der Waals surface area contributed by atoms with Crippen LogP contribution in [0.1, 0.15) is 34.3 Å². The second-order valence-corrected chi connectivity index (χ2v) is 5.67. The van der Waals surface area contributed by atoms with Crippen molar-refractivity contribution in [2.24, 2.45) is 0 Å². The van der Waals surface area contributed by atoms with Crippen molar-refractivity contribution in [2.75, 3.05) is 7.11 Å². The highest BCUT2D eigenvalue weighted by Gasteiger charge is 2.43. The lowest BCUT2D eigenvalue weighted by molar-refractivity contribution is 0.0696. The number of methoxy groups -OCH3 is 1. The van der Waals surface area contributed by atoms with Crippen molar-refractivity contribution in [1.29, 1.82) is 0 Å². The molecule has 0 heterocycles. The number of carboxylic acid groups (broad SMARTS) is 1.